The molecule has 116 valence electrons. The van der Waals surface area contributed by atoms with E-state index in [0.29, 0.717) is 0 Å². The average Bonchev–Trinajstić information content (AvgIpc) is 2.71. The van der Waals surface area contributed by atoms with Crippen LogP contribution in [0.2, 0.25) is 0 Å². The SMILES string of the molecule is C[C]1[C](C)[C](C)[C](C)[C]1C.C[C]1[C](C)[C](C)[C](C)[C]1C.[Cr]. The summed E-state index contributed by atoms with van der Waals surface area (Å²) >= 11 is 0. The van der Waals surface area contributed by atoms with Gasteiger partial charge in [-0.3, -0.25) is 0 Å². The van der Waals surface area contributed by atoms with E-state index in [-0.39, 0.29) is 17.4 Å². The molecule has 2 aliphatic rings. The quantitative estimate of drug-likeness (QED) is 0.517. The third-order valence-corrected chi connectivity index (χ3v) is 5.62. The monoisotopic (exact) mass is 322 g/mol. The smallest absolute Gasteiger partial charge is 0 e. The number of hydrogen-bond acceptors (Lipinski definition) is 0. The summed E-state index contributed by atoms with van der Waals surface area (Å²) in [5.41, 5.74) is 0. The van der Waals surface area contributed by atoms with E-state index in [0.717, 1.165) is 0 Å². The zero-order chi connectivity index (χ0) is 15.8. The molecule has 10 radical (unpaired) electrons. The Morgan fingerprint density at radius 1 is 0.238 bits per heavy atom. The molecule has 0 unspecified atom stereocenters. The van der Waals surface area contributed by atoms with Gasteiger partial charge in [0, 0.05) is 17.4 Å². The molecule has 0 aromatic heterocycles. The molecule has 0 bridgehead atoms. The summed E-state index contributed by atoms with van der Waals surface area (Å²) in [5.74, 6) is 14.7. The Kier molecular flexibility index (Phi) is 8.62. The molecule has 0 N–H and O–H groups in total. The minimum atomic E-state index is 0. The average molecular weight is 322 g/mol. The molecule has 2 saturated carbocycles. The van der Waals surface area contributed by atoms with Crippen molar-refractivity contribution in [2.45, 2.75) is 69.2 Å². The molecular formula is C20H30Cr. The van der Waals surface area contributed by atoms with E-state index in [9.17, 15) is 0 Å². The van der Waals surface area contributed by atoms with E-state index in [1.807, 2.05) is 0 Å². The summed E-state index contributed by atoms with van der Waals surface area (Å²) in [6, 6.07) is 0. The van der Waals surface area contributed by atoms with Crippen LogP contribution in [0.4, 0.5) is 0 Å². The van der Waals surface area contributed by atoms with Crippen LogP contribution in [0, 0.1) is 59.2 Å². The Balaban J connectivity index is 0.000000364. The van der Waals surface area contributed by atoms with Gasteiger partial charge in [-0.25, -0.2) is 0 Å². The topological polar surface area (TPSA) is 0 Å². The zero-order valence-electron chi connectivity index (χ0n) is 15.4. The summed E-state index contributed by atoms with van der Waals surface area (Å²) < 4.78 is 0. The maximum Gasteiger partial charge on any atom is 0 e. The summed E-state index contributed by atoms with van der Waals surface area (Å²) in [6.45, 7) is 22.0. The number of rotatable bonds is 0. The van der Waals surface area contributed by atoms with Gasteiger partial charge in [0.15, 0.2) is 0 Å². The van der Waals surface area contributed by atoms with E-state index in [4.69, 9.17) is 0 Å². The van der Waals surface area contributed by atoms with Crippen LogP contribution in [0.3, 0.4) is 0 Å². The largest absolute Gasteiger partial charge is 0.0579 e. The van der Waals surface area contributed by atoms with Crippen molar-refractivity contribution >= 4 is 0 Å². The van der Waals surface area contributed by atoms with Gasteiger partial charge in [-0.05, 0) is 59.2 Å². The molecule has 0 atom stereocenters. The molecule has 0 amide bonds. The summed E-state index contributed by atoms with van der Waals surface area (Å²) in [5, 5.41) is 0. The maximum absolute atomic E-state index is 2.20. The van der Waals surface area contributed by atoms with Gasteiger partial charge in [-0.15, -0.1) is 0 Å². The van der Waals surface area contributed by atoms with Gasteiger partial charge in [-0.2, -0.15) is 0 Å². The molecule has 0 heterocycles. The molecular weight excluding hydrogens is 292 g/mol. The van der Waals surface area contributed by atoms with Crippen molar-refractivity contribution in [3.63, 3.8) is 0 Å². The van der Waals surface area contributed by atoms with Gasteiger partial charge in [0.2, 0.25) is 0 Å². The van der Waals surface area contributed by atoms with Crippen molar-refractivity contribution in [3.8, 4) is 0 Å². The van der Waals surface area contributed by atoms with Gasteiger partial charge >= 0.3 is 0 Å². The van der Waals surface area contributed by atoms with Gasteiger partial charge in [0.25, 0.3) is 0 Å². The van der Waals surface area contributed by atoms with Crippen molar-refractivity contribution in [3.05, 3.63) is 59.2 Å². The van der Waals surface area contributed by atoms with Crippen LogP contribution in [0.25, 0.3) is 0 Å². The van der Waals surface area contributed by atoms with Crippen molar-refractivity contribution in [2.24, 2.45) is 0 Å². The Hall–Kier alpha value is 0.532. The molecule has 0 aromatic carbocycles. The Bertz CT molecular complexity index is 181. The molecule has 0 spiro atoms. The fraction of sp³-hybridized carbons (Fsp3) is 0.500. The minimum Gasteiger partial charge on any atom is -0.0579 e. The normalized spacial score (nSPS) is 27.1. The molecule has 0 aromatic rings. The van der Waals surface area contributed by atoms with Crippen LogP contribution >= 0.6 is 0 Å². The van der Waals surface area contributed by atoms with Gasteiger partial charge < -0.3 is 0 Å². The summed E-state index contributed by atoms with van der Waals surface area (Å²) in [7, 11) is 0. The zero-order valence-corrected chi connectivity index (χ0v) is 16.7. The Morgan fingerprint density at radius 3 is 0.333 bits per heavy atom. The van der Waals surface area contributed by atoms with E-state index < -0.39 is 0 Å². The van der Waals surface area contributed by atoms with Crippen LogP contribution in [-0.2, 0) is 17.4 Å². The standard InChI is InChI=1S/2C10H15.Cr/c2*1-6-7(2)9(4)10(5)8(6)3;/h2*1-5H3;. The molecule has 0 saturated heterocycles. The van der Waals surface area contributed by atoms with Crippen LogP contribution < -0.4 is 0 Å². The third kappa shape index (κ3) is 4.29. The van der Waals surface area contributed by atoms with E-state index in [1.165, 1.54) is 59.2 Å². The predicted molar refractivity (Wildman–Crippen MR) is 89.2 cm³/mol. The van der Waals surface area contributed by atoms with Crippen molar-refractivity contribution in [1.29, 1.82) is 0 Å². The Morgan fingerprint density at radius 2 is 0.286 bits per heavy atom. The Labute approximate surface area is 146 Å². The fourth-order valence-electron chi connectivity index (χ4n) is 2.81. The molecule has 2 rings (SSSR count). The van der Waals surface area contributed by atoms with E-state index in [2.05, 4.69) is 69.2 Å². The second-order valence-corrected chi connectivity index (χ2v) is 6.25. The van der Waals surface area contributed by atoms with Crippen LogP contribution in [0.15, 0.2) is 0 Å². The second-order valence-electron chi connectivity index (χ2n) is 6.25. The van der Waals surface area contributed by atoms with Gasteiger partial charge in [0.05, 0.1) is 0 Å². The van der Waals surface area contributed by atoms with Gasteiger partial charge in [0.1, 0.15) is 0 Å². The third-order valence-electron chi connectivity index (χ3n) is 5.62. The first-order valence-corrected chi connectivity index (χ1v) is 7.50. The molecule has 0 nitrogen and oxygen atoms in total. The fourth-order valence-corrected chi connectivity index (χ4v) is 2.81. The van der Waals surface area contributed by atoms with Crippen LogP contribution in [-0.4, -0.2) is 0 Å². The van der Waals surface area contributed by atoms with Crippen LogP contribution in [0.5, 0.6) is 0 Å². The first-order valence-electron chi connectivity index (χ1n) is 7.50. The molecule has 1 heteroatoms. The summed E-state index contributed by atoms with van der Waals surface area (Å²) in [4.78, 5) is 0. The maximum atomic E-state index is 2.20. The predicted octanol–water partition coefficient (Wildman–Crippen LogP) is 5.94. The van der Waals surface area contributed by atoms with Crippen molar-refractivity contribution in [2.75, 3.05) is 0 Å². The van der Waals surface area contributed by atoms with Crippen molar-refractivity contribution in [1.82, 2.24) is 0 Å². The van der Waals surface area contributed by atoms with Gasteiger partial charge in [-0.1, -0.05) is 69.2 Å². The minimum absolute atomic E-state index is 0. The summed E-state index contributed by atoms with van der Waals surface area (Å²) in [6.07, 6.45) is 0. The first-order chi connectivity index (χ1) is 9.11. The molecule has 0 aliphatic heterocycles. The van der Waals surface area contributed by atoms with Crippen LogP contribution in [0.1, 0.15) is 69.2 Å². The van der Waals surface area contributed by atoms with E-state index >= 15 is 0 Å². The molecule has 2 aliphatic carbocycles. The van der Waals surface area contributed by atoms with E-state index in [1.54, 1.807) is 0 Å². The van der Waals surface area contributed by atoms with Crippen molar-refractivity contribution < 1.29 is 17.4 Å². The first kappa shape index (κ1) is 21.5. The number of hydrogen-bond donors (Lipinski definition) is 0. The molecule has 2 fully saturated rings. The molecule has 21 heavy (non-hydrogen) atoms. The second kappa shape index (κ2) is 8.40.